The molecule has 0 heterocycles. The van der Waals surface area contributed by atoms with E-state index < -0.39 is 17.1 Å². The maximum absolute atomic E-state index is 11.9. The van der Waals surface area contributed by atoms with E-state index in [1.165, 1.54) is 0 Å². The summed E-state index contributed by atoms with van der Waals surface area (Å²) >= 11 is 0. The first kappa shape index (κ1) is 15.4. The lowest BCUT2D eigenvalue weighted by atomic mass is 9.88. The highest BCUT2D eigenvalue weighted by Crippen LogP contribution is 2.27. The first-order chi connectivity index (χ1) is 7.02. The standard InChI is InChI=1S/C13H26O3/c1-8-12(4,5)11(14)16-10(9(2)3)13(6,7)15/h9-10,15H,8H2,1-7H3. The Bertz CT molecular complexity index is 236. The summed E-state index contributed by atoms with van der Waals surface area (Å²) in [6.45, 7) is 12.9. The van der Waals surface area contributed by atoms with Crippen molar-refractivity contribution in [3.8, 4) is 0 Å². The lowest BCUT2D eigenvalue weighted by Gasteiger charge is -2.34. The van der Waals surface area contributed by atoms with E-state index in [0.29, 0.717) is 0 Å². The van der Waals surface area contributed by atoms with Gasteiger partial charge in [0.25, 0.3) is 0 Å². The first-order valence-corrected chi connectivity index (χ1v) is 5.95. The average molecular weight is 230 g/mol. The van der Waals surface area contributed by atoms with Crippen LogP contribution in [0.4, 0.5) is 0 Å². The molecule has 1 atom stereocenters. The summed E-state index contributed by atoms with van der Waals surface area (Å²) in [5, 5.41) is 9.96. The maximum atomic E-state index is 11.9. The molecule has 1 unspecified atom stereocenters. The van der Waals surface area contributed by atoms with Crippen LogP contribution in [0.5, 0.6) is 0 Å². The SMILES string of the molecule is CCC(C)(C)C(=O)OC(C(C)C)C(C)(C)O. The van der Waals surface area contributed by atoms with Gasteiger partial charge >= 0.3 is 5.97 Å². The van der Waals surface area contributed by atoms with Gasteiger partial charge in [-0.1, -0.05) is 20.8 Å². The number of hydrogen-bond acceptors (Lipinski definition) is 3. The van der Waals surface area contributed by atoms with Crippen LogP contribution in [0.3, 0.4) is 0 Å². The Balaban J connectivity index is 4.74. The molecule has 0 saturated carbocycles. The van der Waals surface area contributed by atoms with Gasteiger partial charge in [0.15, 0.2) is 0 Å². The van der Waals surface area contributed by atoms with Gasteiger partial charge in [-0.2, -0.15) is 0 Å². The third-order valence-corrected chi connectivity index (χ3v) is 2.97. The fourth-order valence-electron chi connectivity index (χ4n) is 1.52. The number of ether oxygens (including phenoxy) is 1. The van der Waals surface area contributed by atoms with E-state index in [1.807, 2.05) is 34.6 Å². The highest BCUT2D eigenvalue weighted by molar-refractivity contribution is 5.76. The zero-order valence-electron chi connectivity index (χ0n) is 11.6. The molecule has 0 aromatic rings. The lowest BCUT2D eigenvalue weighted by Crippen LogP contribution is -2.45. The zero-order valence-corrected chi connectivity index (χ0v) is 11.6. The second-order valence-electron chi connectivity index (χ2n) is 5.96. The van der Waals surface area contributed by atoms with Crippen molar-refractivity contribution in [1.29, 1.82) is 0 Å². The molecule has 0 rings (SSSR count). The third kappa shape index (κ3) is 4.12. The van der Waals surface area contributed by atoms with Crippen LogP contribution in [0, 0.1) is 11.3 Å². The summed E-state index contributed by atoms with van der Waals surface area (Å²) in [7, 11) is 0. The van der Waals surface area contributed by atoms with E-state index in [2.05, 4.69) is 0 Å². The predicted octanol–water partition coefficient (Wildman–Crippen LogP) is 2.76. The molecular weight excluding hydrogens is 204 g/mol. The largest absolute Gasteiger partial charge is 0.459 e. The number of rotatable bonds is 5. The molecule has 0 fully saturated rings. The number of esters is 1. The smallest absolute Gasteiger partial charge is 0.311 e. The van der Waals surface area contributed by atoms with Crippen molar-refractivity contribution in [1.82, 2.24) is 0 Å². The van der Waals surface area contributed by atoms with Crippen molar-refractivity contribution in [2.75, 3.05) is 0 Å². The lowest BCUT2D eigenvalue weighted by molar-refractivity contribution is -0.177. The molecular formula is C13H26O3. The molecule has 1 N–H and O–H groups in total. The molecule has 3 nitrogen and oxygen atoms in total. The summed E-state index contributed by atoms with van der Waals surface area (Å²) in [4.78, 5) is 11.9. The highest BCUT2D eigenvalue weighted by Gasteiger charge is 2.37. The molecule has 0 aliphatic carbocycles. The third-order valence-electron chi connectivity index (χ3n) is 2.97. The van der Waals surface area contributed by atoms with Crippen molar-refractivity contribution in [3.05, 3.63) is 0 Å². The fourth-order valence-corrected chi connectivity index (χ4v) is 1.52. The normalized spacial score (nSPS) is 15.1. The van der Waals surface area contributed by atoms with Gasteiger partial charge in [-0.3, -0.25) is 4.79 Å². The summed E-state index contributed by atoms with van der Waals surface area (Å²) in [6, 6.07) is 0. The van der Waals surface area contributed by atoms with Crippen LogP contribution < -0.4 is 0 Å². The van der Waals surface area contributed by atoms with Crippen molar-refractivity contribution in [3.63, 3.8) is 0 Å². The van der Waals surface area contributed by atoms with E-state index in [4.69, 9.17) is 4.74 Å². The van der Waals surface area contributed by atoms with Gasteiger partial charge in [-0.15, -0.1) is 0 Å². The van der Waals surface area contributed by atoms with Crippen LogP contribution in [-0.4, -0.2) is 22.8 Å². The average Bonchev–Trinajstić information content (AvgIpc) is 2.11. The number of carbonyl (C=O) groups is 1. The topological polar surface area (TPSA) is 46.5 Å². The second-order valence-corrected chi connectivity index (χ2v) is 5.96. The van der Waals surface area contributed by atoms with E-state index in [9.17, 15) is 9.90 Å². The molecule has 0 radical (unpaired) electrons. The summed E-state index contributed by atoms with van der Waals surface area (Å²) in [5.41, 5.74) is -1.49. The summed E-state index contributed by atoms with van der Waals surface area (Å²) in [6.07, 6.45) is 0.258. The highest BCUT2D eigenvalue weighted by atomic mass is 16.6. The molecule has 3 heteroatoms. The number of carbonyl (C=O) groups excluding carboxylic acids is 1. The van der Waals surface area contributed by atoms with Crippen LogP contribution in [0.1, 0.15) is 54.9 Å². The molecule has 0 spiro atoms. The Morgan fingerprint density at radius 3 is 1.94 bits per heavy atom. The Hall–Kier alpha value is -0.570. The van der Waals surface area contributed by atoms with Gasteiger partial charge in [0.1, 0.15) is 6.10 Å². The molecule has 0 aliphatic rings. The van der Waals surface area contributed by atoms with Crippen molar-refractivity contribution in [2.45, 2.75) is 66.6 Å². The van der Waals surface area contributed by atoms with E-state index >= 15 is 0 Å². The first-order valence-electron chi connectivity index (χ1n) is 5.95. The monoisotopic (exact) mass is 230 g/mol. The van der Waals surface area contributed by atoms with Gasteiger partial charge in [-0.25, -0.2) is 0 Å². The fraction of sp³-hybridized carbons (Fsp3) is 0.923. The minimum atomic E-state index is -1.01. The Kier molecular flexibility index (Phi) is 4.99. The van der Waals surface area contributed by atoms with Gasteiger partial charge < -0.3 is 9.84 Å². The van der Waals surface area contributed by atoms with Gasteiger partial charge in [0.2, 0.25) is 0 Å². The quantitative estimate of drug-likeness (QED) is 0.739. The van der Waals surface area contributed by atoms with Crippen LogP contribution in [0.2, 0.25) is 0 Å². The molecule has 0 bridgehead atoms. The van der Waals surface area contributed by atoms with E-state index in [1.54, 1.807) is 13.8 Å². The van der Waals surface area contributed by atoms with Crippen LogP contribution in [0.25, 0.3) is 0 Å². The predicted molar refractivity (Wildman–Crippen MR) is 65.1 cm³/mol. The van der Waals surface area contributed by atoms with Crippen LogP contribution in [-0.2, 0) is 9.53 Å². The van der Waals surface area contributed by atoms with Gasteiger partial charge in [-0.05, 0) is 40.0 Å². The number of aliphatic hydroxyl groups is 1. The molecule has 0 aromatic carbocycles. The minimum Gasteiger partial charge on any atom is -0.459 e. The van der Waals surface area contributed by atoms with E-state index in [-0.39, 0.29) is 11.9 Å². The van der Waals surface area contributed by atoms with Gasteiger partial charge in [0.05, 0.1) is 11.0 Å². The maximum Gasteiger partial charge on any atom is 0.311 e. The van der Waals surface area contributed by atoms with Crippen LogP contribution in [0.15, 0.2) is 0 Å². The number of hydrogen-bond donors (Lipinski definition) is 1. The zero-order chi connectivity index (χ0) is 13.1. The molecule has 96 valence electrons. The van der Waals surface area contributed by atoms with E-state index in [0.717, 1.165) is 6.42 Å². The molecule has 0 aromatic heterocycles. The molecule has 0 aliphatic heterocycles. The Labute approximate surface area is 99.2 Å². The van der Waals surface area contributed by atoms with Crippen LogP contribution >= 0.6 is 0 Å². The summed E-state index contributed by atoms with van der Waals surface area (Å²) in [5.74, 6) is -0.146. The molecule has 0 saturated heterocycles. The molecule has 0 amide bonds. The minimum absolute atomic E-state index is 0.0941. The Morgan fingerprint density at radius 1 is 1.25 bits per heavy atom. The van der Waals surface area contributed by atoms with Crippen molar-refractivity contribution in [2.24, 2.45) is 11.3 Å². The van der Waals surface area contributed by atoms with Crippen molar-refractivity contribution < 1.29 is 14.6 Å². The second kappa shape index (κ2) is 5.17. The van der Waals surface area contributed by atoms with Gasteiger partial charge in [0, 0.05) is 0 Å². The Morgan fingerprint density at radius 2 is 1.69 bits per heavy atom. The van der Waals surface area contributed by atoms with Crippen molar-refractivity contribution >= 4 is 5.97 Å². The molecule has 16 heavy (non-hydrogen) atoms. The summed E-state index contributed by atoms with van der Waals surface area (Å²) < 4.78 is 5.44.